The molecule has 6 unspecified atom stereocenters. The van der Waals surface area contributed by atoms with Gasteiger partial charge < -0.3 is 39.0 Å². The normalized spacial score (nSPS) is 18.0. The monoisotopic (exact) mass is 1140 g/mol. The van der Waals surface area contributed by atoms with Crippen molar-refractivity contribution in [2.75, 3.05) is 13.2 Å². The number of aliphatic hydroxyl groups is 2. The van der Waals surface area contributed by atoms with Gasteiger partial charge in [-0.3, -0.25) is 14.4 Å². The lowest BCUT2D eigenvalue weighted by atomic mass is 9.98. The molecule has 0 aromatic rings. The number of aliphatic carboxylic acids is 1. The second kappa shape index (κ2) is 57.1. The smallest absolute Gasteiger partial charge is 0.335 e. The number of ether oxygens (including phenoxy) is 5. The molecule has 0 spiro atoms. The van der Waals surface area contributed by atoms with Gasteiger partial charge in [0.25, 0.3) is 0 Å². The number of hydrogen-bond donors (Lipinski definition) is 3. The van der Waals surface area contributed by atoms with Gasteiger partial charge in [0.2, 0.25) is 0 Å². The first kappa shape index (κ1) is 75.7. The van der Waals surface area contributed by atoms with Gasteiger partial charge in [0.1, 0.15) is 18.8 Å². The van der Waals surface area contributed by atoms with Crippen LogP contribution in [0.4, 0.5) is 0 Å². The summed E-state index contributed by atoms with van der Waals surface area (Å²) in [6.45, 7) is 5.94. The highest BCUT2D eigenvalue weighted by molar-refractivity contribution is 5.74. The van der Waals surface area contributed by atoms with Gasteiger partial charge >= 0.3 is 23.9 Å². The minimum absolute atomic E-state index is 0.0632. The van der Waals surface area contributed by atoms with Crippen molar-refractivity contribution in [2.45, 2.75) is 353 Å². The van der Waals surface area contributed by atoms with Crippen molar-refractivity contribution < 1.29 is 58.2 Å². The summed E-state index contributed by atoms with van der Waals surface area (Å²) in [5.74, 6) is -3.11. The van der Waals surface area contributed by atoms with E-state index in [2.05, 4.69) is 69.4 Å². The van der Waals surface area contributed by atoms with Crippen LogP contribution in [0.15, 0.2) is 48.6 Å². The zero-order valence-corrected chi connectivity index (χ0v) is 52.0. The van der Waals surface area contributed by atoms with Crippen LogP contribution in [-0.2, 0) is 42.9 Å². The molecule has 0 aromatic heterocycles. The topological polar surface area (TPSA) is 175 Å². The van der Waals surface area contributed by atoms with E-state index >= 15 is 0 Å². The summed E-state index contributed by atoms with van der Waals surface area (Å²) in [5, 5.41) is 31.6. The Morgan fingerprint density at radius 2 is 0.765 bits per heavy atom. The van der Waals surface area contributed by atoms with Crippen LogP contribution in [0.3, 0.4) is 0 Å². The van der Waals surface area contributed by atoms with Crippen molar-refractivity contribution in [1.82, 2.24) is 0 Å². The van der Waals surface area contributed by atoms with Crippen LogP contribution in [0.2, 0.25) is 0 Å². The van der Waals surface area contributed by atoms with Gasteiger partial charge in [-0.15, -0.1) is 0 Å². The molecular weight excluding hydrogens is 1020 g/mol. The van der Waals surface area contributed by atoms with E-state index in [1.54, 1.807) is 0 Å². The third-order valence-corrected chi connectivity index (χ3v) is 15.4. The number of rotatable bonds is 58. The number of carbonyl (C=O) groups is 4. The van der Waals surface area contributed by atoms with Crippen LogP contribution < -0.4 is 0 Å². The molecule has 1 aliphatic heterocycles. The third-order valence-electron chi connectivity index (χ3n) is 15.4. The number of carbonyl (C=O) groups excluding carboxylic acids is 3. The molecule has 12 heteroatoms. The van der Waals surface area contributed by atoms with Crippen LogP contribution in [0.1, 0.15) is 316 Å². The lowest BCUT2D eigenvalue weighted by molar-refractivity contribution is -0.301. The van der Waals surface area contributed by atoms with Gasteiger partial charge in [-0.1, -0.05) is 268 Å². The highest BCUT2D eigenvalue weighted by Crippen LogP contribution is 2.27. The van der Waals surface area contributed by atoms with E-state index in [0.717, 1.165) is 103 Å². The van der Waals surface area contributed by atoms with E-state index in [9.17, 15) is 34.5 Å². The van der Waals surface area contributed by atoms with Crippen molar-refractivity contribution in [2.24, 2.45) is 0 Å². The van der Waals surface area contributed by atoms with Gasteiger partial charge in [0, 0.05) is 19.3 Å². The number of unbranched alkanes of at least 4 members (excludes halogenated alkanes) is 36. The van der Waals surface area contributed by atoms with Crippen molar-refractivity contribution in [3.8, 4) is 0 Å². The molecule has 1 aliphatic rings. The molecule has 12 nitrogen and oxygen atoms in total. The zero-order valence-electron chi connectivity index (χ0n) is 52.0. The molecular formula is C69H122O12. The van der Waals surface area contributed by atoms with E-state index in [-0.39, 0.29) is 25.9 Å². The minimum Gasteiger partial charge on any atom is -0.479 e. The molecule has 1 fully saturated rings. The van der Waals surface area contributed by atoms with Gasteiger partial charge in [-0.05, 0) is 77.0 Å². The van der Waals surface area contributed by atoms with Crippen LogP contribution >= 0.6 is 0 Å². The fourth-order valence-corrected chi connectivity index (χ4v) is 10.2. The molecule has 3 N–H and O–H groups in total. The fourth-order valence-electron chi connectivity index (χ4n) is 10.2. The molecule has 470 valence electrons. The number of aliphatic hydroxyl groups excluding tert-OH is 2. The van der Waals surface area contributed by atoms with Crippen LogP contribution in [0.5, 0.6) is 0 Å². The summed E-state index contributed by atoms with van der Waals surface area (Å²) in [6, 6.07) is 0. The lowest BCUT2D eigenvalue weighted by Gasteiger charge is -2.40. The van der Waals surface area contributed by atoms with Crippen LogP contribution in [0.25, 0.3) is 0 Å². The lowest BCUT2D eigenvalue weighted by Crippen LogP contribution is -2.61. The highest BCUT2D eigenvalue weighted by atomic mass is 16.7. The Bertz CT molecular complexity index is 1590. The maximum Gasteiger partial charge on any atom is 0.335 e. The maximum atomic E-state index is 13.2. The predicted octanol–water partition coefficient (Wildman–Crippen LogP) is 18.1. The van der Waals surface area contributed by atoms with E-state index in [1.165, 1.54) is 154 Å². The molecule has 0 saturated carbocycles. The van der Waals surface area contributed by atoms with Crippen LogP contribution in [-0.4, -0.2) is 89.2 Å². The quantitative estimate of drug-likeness (QED) is 0.0228. The summed E-state index contributed by atoms with van der Waals surface area (Å²) in [4.78, 5) is 51.3. The predicted molar refractivity (Wildman–Crippen MR) is 331 cm³/mol. The molecule has 0 aliphatic carbocycles. The van der Waals surface area contributed by atoms with Gasteiger partial charge in [-0.2, -0.15) is 0 Å². The van der Waals surface area contributed by atoms with Crippen molar-refractivity contribution in [3.05, 3.63) is 48.6 Å². The summed E-state index contributed by atoms with van der Waals surface area (Å²) < 4.78 is 28.6. The first-order valence-corrected chi connectivity index (χ1v) is 33.6. The highest BCUT2D eigenvalue weighted by Gasteiger charge is 2.50. The number of carboxylic acid groups (broad SMARTS) is 1. The van der Waals surface area contributed by atoms with Gasteiger partial charge in [-0.25, -0.2) is 4.79 Å². The minimum atomic E-state index is -1.90. The van der Waals surface area contributed by atoms with Crippen LogP contribution in [0, 0.1) is 0 Å². The summed E-state index contributed by atoms with van der Waals surface area (Å²) in [5.41, 5.74) is 0. The van der Waals surface area contributed by atoms with E-state index in [0.29, 0.717) is 19.3 Å². The standard InChI is InChI=1S/C69H122O12/c1-4-7-10-13-16-19-22-25-27-29-31-33-35-38-40-43-46-49-52-55-61(70)77-58-60(79-62(71)56-53-50-47-44-41-37-24-21-18-15-12-9-6-3)59-78-69-67(65(74)64(73)66(81-69)68(75)76)80-63(72)57-54-51-48-45-42-39-36-34-32-30-28-26-23-20-17-14-11-8-5-2/h12,15-16,19,21,24-25,27,60,64-67,69,73-74H,4-11,13-14,17-18,20,22-23,26,28-59H2,1-3H3,(H,75,76)/b15-12-,19-16-,24-21-,27-25-. The van der Waals surface area contributed by atoms with E-state index in [4.69, 9.17) is 23.7 Å². The first-order chi connectivity index (χ1) is 39.6. The first-order valence-electron chi connectivity index (χ1n) is 33.6. The second-order valence-corrected chi connectivity index (χ2v) is 23.1. The molecule has 0 bridgehead atoms. The largest absolute Gasteiger partial charge is 0.479 e. The molecule has 6 atom stereocenters. The molecule has 1 heterocycles. The zero-order chi connectivity index (χ0) is 58.9. The van der Waals surface area contributed by atoms with Gasteiger partial charge in [0.15, 0.2) is 24.6 Å². The molecule has 81 heavy (non-hydrogen) atoms. The molecule has 1 saturated heterocycles. The fraction of sp³-hybridized carbons (Fsp3) is 0.826. The molecule has 0 radical (unpaired) electrons. The number of carboxylic acids is 1. The number of hydrogen-bond acceptors (Lipinski definition) is 11. The number of allylic oxidation sites excluding steroid dienone is 8. The van der Waals surface area contributed by atoms with Gasteiger partial charge in [0.05, 0.1) is 6.61 Å². The number of esters is 3. The average molecular weight is 1140 g/mol. The van der Waals surface area contributed by atoms with E-state index in [1.807, 2.05) is 0 Å². The third kappa shape index (κ3) is 46.7. The SMILES string of the molecule is CCC/C=C\C/C=C\CCCCCCCC(=O)OC(COC(=O)CCCCCCCCCCC/C=C\C/C=C\CCCCC)COC1OC(C(=O)O)C(O)C(O)C1OC(=O)CCCCCCCCCCCCCCCCCCCCC. The maximum absolute atomic E-state index is 13.2. The van der Waals surface area contributed by atoms with Crippen molar-refractivity contribution in [1.29, 1.82) is 0 Å². The summed E-state index contributed by atoms with van der Waals surface area (Å²) >= 11 is 0. The Morgan fingerprint density at radius 1 is 0.407 bits per heavy atom. The summed E-state index contributed by atoms with van der Waals surface area (Å²) in [7, 11) is 0. The van der Waals surface area contributed by atoms with E-state index < -0.39 is 67.3 Å². The van der Waals surface area contributed by atoms with Crippen molar-refractivity contribution >= 4 is 23.9 Å². The molecule has 0 amide bonds. The Hall–Kier alpha value is -3.32. The Labute approximate surface area is 494 Å². The summed E-state index contributed by atoms with van der Waals surface area (Å²) in [6.07, 6.45) is 57.8. The van der Waals surface area contributed by atoms with Crippen molar-refractivity contribution in [3.63, 3.8) is 0 Å². The molecule has 1 rings (SSSR count). The Kier molecular flexibility index (Phi) is 53.4. The Balaban J connectivity index is 2.61. The molecule has 0 aromatic carbocycles. The Morgan fingerprint density at radius 3 is 1.19 bits per heavy atom. The average Bonchev–Trinajstić information content (AvgIpc) is 3.54. The second-order valence-electron chi connectivity index (χ2n) is 23.1.